The minimum absolute atomic E-state index is 0.0538. The molecule has 1 aliphatic rings. The first-order valence-corrected chi connectivity index (χ1v) is 5.89. The van der Waals surface area contributed by atoms with Gasteiger partial charge in [-0.1, -0.05) is 6.92 Å². The molecule has 2 rings (SSSR count). The van der Waals surface area contributed by atoms with E-state index in [1.807, 2.05) is 0 Å². The Morgan fingerprint density at radius 2 is 2.50 bits per heavy atom. The first-order valence-electron chi connectivity index (χ1n) is 5.89. The number of nitrogens with zero attached hydrogens (tertiary/aromatic N) is 2. The van der Waals surface area contributed by atoms with Crippen molar-refractivity contribution in [1.29, 1.82) is 0 Å². The molecule has 0 saturated carbocycles. The lowest BCUT2D eigenvalue weighted by Crippen LogP contribution is -2.34. The molecule has 0 N–H and O–H groups in total. The molecule has 0 spiro atoms. The monoisotopic (exact) mass is 222 g/mol. The van der Waals surface area contributed by atoms with Crippen molar-refractivity contribution in [2.45, 2.75) is 32.6 Å². The Morgan fingerprint density at radius 3 is 3.12 bits per heavy atom. The summed E-state index contributed by atoms with van der Waals surface area (Å²) in [6.07, 6.45) is 3.83. The average Bonchev–Trinajstić information content (AvgIpc) is 2.78. The smallest absolute Gasteiger partial charge is 0.199 e. The van der Waals surface area contributed by atoms with Gasteiger partial charge in [-0.15, -0.1) is 0 Å². The van der Waals surface area contributed by atoms with Crippen LogP contribution in [0.3, 0.4) is 0 Å². The molecule has 16 heavy (non-hydrogen) atoms. The van der Waals surface area contributed by atoms with Gasteiger partial charge in [-0.05, 0) is 25.9 Å². The summed E-state index contributed by atoms with van der Waals surface area (Å²) in [6.45, 7) is 6.89. The predicted octanol–water partition coefficient (Wildman–Crippen LogP) is 2.08. The molecule has 1 aromatic heterocycles. The number of aromatic nitrogens is 1. The van der Waals surface area contributed by atoms with Crippen molar-refractivity contribution in [2.24, 2.45) is 0 Å². The summed E-state index contributed by atoms with van der Waals surface area (Å²) in [7, 11) is 0. The third-order valence-electron chi connectivity index (χ3n) is 3.17. The summed E-state index contributed by atoms with van der Waals surface area (Å²) < 4.78 is 5.49. The van der Waals surface area contributed by atoms with E-state index < -0.39 is 0 Å². The van der Waals surface area contributed by atoms with Gasteiger partial charge >= 0.3 is 0 Å². The largest absolute Gasteiger partial charge is 0.437 e. The summed E-state index contributed by atoms with van der Waals surface area (Å²) in [6, 6.07) is 0. The van der Waals surface area contributed by atoms with Gasteiger partial charge in [-0.3, -0.25) is 4.79 Å². The van der Waals surface area contributed by atoms with Crippen LogP contribution in [-0.2, 0) is 0 Å². The molecule has 1 aromatic rings. The number of carbonyl (C=O) groups excluding carboxylic acids is 1. The molecule has 1 fully saturated rings. The van der Waals surface area contributed by atoms with E-state index in [0.29, 0.717) is 11.7 Å². The van der Waals surface area contributed by atoms with Crippen LogP contribution in [0.2, 0.25) is 0 Å². The quantitative estimate of drug-likeness (QED) is 0.734. The summed E-state index contributed by atoms with van der Waals surface area (Å²) in [4.78, 5) is 17.7. The summed E-state index contributed by atoms with van der Waals surface area (Å²) in [5, 5.41) is 0. The molecule has 1 atom stereocenters. The SMILES string of the molecule is CCN1CCCC(c2ncc(C(C)=O)o2)C1. The zero-order valence-corrected chi connectivity index (χ0v) is 9.90. The van der Waals surface area contributed by atoms with Crippen molar-refractivity contribution in [3.05, 3.63) is 17.8 Å². The van der Waals surface area contributed by atoms with Gasteiger partial charge in [-0.2, -0.15) is 0 Å². The molecule has 88 valence electrons. The van der Waals surface area contributed by atoms with Crippen molar-refractivity contribution >= 4 is 5.78 Å². The van der Waals surface area contributed by atoms with Gasteiger partial charge in [-0.25, -0.2) is 4.98 Å². The number of carbonyl (C=O) groups is 1. The van der Waals surface area contributed by atoms with Gasteiger partial charge in [0.2, 0.25) is 0 Å². The van der Waals surface area contributed by atoms with Crippen molar-refractivity contribution in [3.8, 4) is 0 Å². The first-order chi connectivity index (χ1) is 7.70. The van der Waals surface area contributed by atoms with Gasteiger partial charge in [0, 0.05) is 19.4 Å². The second kappa shape index (κ2) is 4.78. The molecule has 1 unspecified atom stereocenters. The molecule has 1 aliphatic heterocycles. The van der Waals surface area contributed by atoms with E-state index in [2.05, 4.69) is 16.8 Å². The van der Waals surface area contributed by atoms with Crippen LogP contribution in [0.4, 0.5) is 0 Å². The number of oxazole rings is 1. The van der Waals surface area contributed by atoms with Crippen LogP contribution in [0.25, 0.3) is 0 Å². The van der Waals surface area contributed by atoms with Gasteiger partial charge in [0.15, 0.2) is 17.4 Å². The topological polar surface area (TPSA) is 46.3 Å². The predicted molar refractivity (Wildman–Crippen MR) is 60.6 cm³/mol. The van der Waals surface area contributed by atoms with Crippen molar-refractivity contribution < 1.29 is 9.21 Å². The molecular formula is C12H18N2O2. The minimum atomic E-state index is -0.0538. The maximum atomic E-state index is 11.1. The second-order valence-electron chi connectivity index (χ2n) is 4.35. The number of likely N-dealkylation sites (N-methyl/N-ethyl adjacent to an activating group) is 1. The third-order valence-corrected chi connectivity index (χ3v) is 3.17. The lowest BCUT2D eigenvalue weighted by Gasteiger charge is -2.29. The lowest BCUT2D eigenvalue weighted by atomic mass is 9.98. The lowest BCUT2D eigenvalue weighted by molar-refractivity contribution is 0.0982. The van der Waals surface area contributed by atoms with Crippen molar-refractivity contribution in [1.82, 2.24) is 9.88 Å². The molecule has 0 amide bonds. The van der Waals surface area contributed by atoms with Crippen LogP contribution < -0.4 is 0 Å². The third kappa shape index (κ3) is 2.32. The van der Waals surface area contributed by atoms with Gasteiger partial charge in [0.25, 0.3) is 0 Å². The fourth-order valence-corrected chi connectivity index (χ4v) is 2.18. The van der Waals surface area contributed by atoms with Crippen molar-refractivity contribution in [2.75, 3.05) is 19.6 Å². The molecule has 0 aromatic carbocycles. The molecule has 0 bridgehead atoms. The van der Waals surface area contributed by atoms with Crippen LogP contribution in [0.5, 0.6) is 0 Å². The average molecular weight is 222 g/mol. The maximum Gasteiger partial charge on any atom is 0.199 e. The Hall–Kier alpha value is -1.16. The van der Waals surface area contributed by atoms with E-state index in [0.717, 1.165) is 31.9 Å². The molecular weight excluding hydrogens is 204 g/mol. The summed E-state index contributed by atoms with van der Waals surface area (Å²) in [5.41, 5.74) is 0. The second-order valence-corrected chi connectivity index (χ2v) is 4.35. The summed E-state index contributed by atoms with van der Waals surface area (Å²) in [5.74, 6) is 1.40. The van der Waals surface area contributed by atoms with E-state index in [-0.39, 0.29) is 5.78 Å². The standard InChI is InChI=1S/C12H18N2O2/c1-3-14-6-4-5-10(8-14)12-13-7-11(16-12)9(2)15/h7,10H,3-6,8H2,1-2H3. The fourth-order valence-electron chi connectivity index (χ4n) is 2.18. The highest BCUT2D eigenvalue weighted by atomic mass is 16.4. The number of rotatable bonds is 3. The van der Waals surface area contributed by atoms with Crippen LogP contribution in [0, 0.1) is 0 Å². The van der Waals surface area contributed by atoms with E-state index in [9.17, 15) is 4.79 Å². The molecule has 1 saturated heterocycles. The van der Waals surface area contributed by atoms with E-state index >= 15 is 0 Å². The number of ketones is 1. The number of likely N-dealkylation sites (tertiary alicyclic amines) is 1. The van der Waals surface area contributed by atoms with Crippen LogP contribution in [0.15, 0.2) is 10.6 Å². The van der Waals surface area contributed by atoms with Gasteiger partial charge in [0.05, 0.1) is 6.20 Å². The Balaban J connectivity index is 2.08. The molecule has 0 aliphatic carbocycles. The van der Waals surface area contributed by atoms with E-state index in [1.54, 1.807) is 6.20 Å². The minimum Gasteiger partial charge on any atom is -0.437 e. The van der Waals surface area contributed by atoms with Crippen LogP contribution in [-0.4, -0.2) is 35.3 Å². The van der Waals surface area contributed by atoms with Crippen LogP contribution in [0.1, 0.15) is 49.1 Å². The zero-order chi connectivity index (χ0) is 11.5. The highest BCUT2D eigenvalue weighted by molar-refractivity contribution is 5.90. The van der Waals surface area contributed by atoms with Crippen molar-refractivity contribution in [3.63, 3.8) is 0 Å². The Labute approximate surface area is 95.6 Å². The van der Waals surface area contributed by atoms with E-state index in [4.69, 9.17) is 4.42 Å². The maximum absolute atomic E-state index is 11.1. The highest BCUT2D eigenvalue weighted by Gasteiger charge is 2.24. The molecule has 0 radical (unpaired) electrons. The molecule has 4 heteroatoms. The van der Waals surface area contributed by atoms with Gasteiger partial charge in [0.1, 0.15) is 0 Å². The Bertz CT molecular complexity index is 373. The molecule has 2 heterocycles. The number of hydrogen-bond acceptors (Lipinski definition) is 4. The number of piperidine rings is 1. The van der Waals surface area contributed by atoms with Crippen LogP contribution >= 0.6 is 0 Å². The number of Topliss-reactive ketones (excluding diaryl/α,β-unsaturated/α-hetero) is 1. The Kier molecular flexibility index (Phi) is 3.39. The highest BCUT2D eigenvalue weighted by Crippen LogP contribution is 2.26. The normalized spacial score (nSPS) is 22.2. The summed E-state index contributed by atoms with van der Waals surface area (Å²) >= 11 is 0. The fraction of sp³-hybridized carbons (Fsp3) is 0.667. The zero-order valence-electron chi connectivity index (χ0n) is 9.90. The first kappa shape index (κ1) is 11.3. The number of hydrogen-bond donors (Lipinski definition) is 0. The molecule has 4 nitrogen and oxygen atoms in total. The Morgan fingerprint density at radius 1 is 1.69 bits per heavy atom. The van der Waals surface area contributed by atoms with Gasteiger partial charge < -0.3 is 9.32 Å². The van der Waals surface area contributed by atoms with E-state index in [1.165, 1.54) is 13.3 Å².